The molecule has 2 amide bonds. The quantitative estimate of drug-likeness (QED) is 0.423. The summed E-state index contributed by atoms with van der Waals surface area (Å²) in [5.74, 6) is -0.124. The van der Waals surface area contributed by atoms with E-state index < -0.39 is 28.5 Å². The molecule has 0 fully saturated rings. The molecule has 0 bridgehead atoms. The molecule has 0 saturated carbocycles. The van der Waals surface area contributed by atoms with Crippen LogP contribution in [0.15, 0.2) is 48.5 Å². The first-order chi connectivity index (χ1) is 16.6. The Kier molecular flexibility index (Phi) is 10.6. The Morgan fingerprint density at radius 2 is 1.80 bits per heavy atom. The molecule has 9 heteroatoms. The van der Waals surface area contributed by atoms with Gasteiger partial charge in [0.1, 0.15) is 18.3 Å². The second kappa shape index (κ2) is 13.1. The molecule has 2 rings (SSSR count). The summed E-state index contributed by atoms with van der Waals surface area (Å²) in [6.07, 6.45) is 3.46. The van der Waals surface area contributed by atoms with E-state index in [9.17, 15) is 18.0 Å². The minimum Gasteiger partial charge on any atom is -0.497 e. The second-order valence-electron chi connectivity index (χ2n) is 8.45. The van der Waals surface area contributed by atoms with Crippen molar-refractivity contribution in [2.24, 2.45) is 0 Å². The minimum atomic E-state index is -3.76. The molecule has 0 spiro atoms. The predicted molar refractivity (Wildman–Crippen MR) is 139 cm³/mol. The maximum Gasteiger partial charge on any atom is 0.244 e. The summed E-state index contributed by atoms with van der Waals surface area (Å²) in [5.41, 5.74) is 2.05. The van der Waals surface area contributed by atoms with Gasteiger partial charge >= 0.3 is 0 Å². The number of anilines is 1. The highest BCUT2D eigenvalue weighted by molar-refractivity contribution is 7.92. The molecule has 2 aromatic rings. The number of carbonyl (C=O) groups excluding carboxylic acids is 2. The number of methoxy groups -OCH3 is 1. The minimum absolute atomic E-state index is 0.130. The van der Waals surface area contributed by atoms with Gasteiger partial charge in [-0.2, -0.15) is 0 Å². The number of benzene rings is 2. The third-order valence-corrected chi connectivity index (χ3v) is 6.93. The van der Waals surface area contributed by atoms with E-state index >= 15 is 0 Å². The van der Waals surface area contributed by atoms with Gasteiger partial charge in [-0.3, -0.25) is 13.9 Å². The zero-order valence-electron chi connectivity index (χ0n) is 21.3. The topological polar surface area (TPSA) is 96.0 Å². The molecule has 35 heavy (non-hydrogen) atoms. The zero-order chi connectivity index (χ0) is 26.0. The van der Waals surface area contributed by atoms with Gasteiger partial charge in [0.25, 0.3) is 0 Å². The smallest absolute Gasteiger partial charge is 0.244 e. The van der Waals surface area contributed by atoms with Crippen LogP contribution in [0.25, 0.3) is 0 Å². The number of hydrogen-bond donors (Lipinski definition) is 1. The van der Waals surface area contributed by atoms with Gasteiger partial charge in [0.15, 0.2) is 0 Å². The number of nitrogens with zero attached hydrogens (tertiary/aromatic N) is 2. The maximum atomic E-state index is 13.6. The highest BCUT2D eigenvalue weighted by atomic mass is 32.2. The molecule has 0 aliphatic heterocycles. The van der Waals surface area contributed by atoms with Gasteiger partial charge in [0, 0.05) is 13.1 Å². The van der Waals surface area contributed by atoms with Gasteiger partial charge in [0.05, 0.1) is 19.1 Å². The van der Waals surface area contributed by atoms with Crippen LogP contribution in [0, 0.1) is 0 Å². The third-order valence-electron chi connectivity index (χ3n) is 5.80. The van der Waals surface area contributed by atoms with Crippen LogP contribution >= 0.6 is 0 Å². The molecule has 0 aliphatic rings. The SMILES string of the molecule is CCCCNC(=O)[C@@H](C)N(Cc1cccc(OC)c1)C(=O)CN(c1ccccc1CC)S(C)(=O)=O. The summed E-state index contributed by atoms with van der Waals surface area (Å²) in [4.78, 5) is 27.9. The summed E-state index contributed by atoms with van der Waals surface area (Å²) in [7, 11) is -2.20. The first kappa shape index (κ1) is 28.2. The van der Waals surface area contributed by atoms with Crippen molar-refractivity contribution >= 4 is 27.5 Å². The van der Waals surface area contributed by atoms with Gasteiger partial charge in [0.2, 0.25) is 21.8 Å². The lowest BCUT2D eigenvalue weighted by Crippen LogP contribution is -2.51. The van der Waals surface area contributed by atoms with Crippen LogP contribution in [-0.2, 0) is 32.6 Å². The summed E-state index contributed by atoms with van der Waals surface area (Å²) in [5, 5.41) is 2.87. The Morgan fingerprint density at radius 3 is 2.43 bits per heavy atom. The van der Waals surface area contributed by atoms with Gasteiger partial charge in [-0.05, 0) is 49.1 Å². The van der Waals surface area contributed by atoms with E-state index in [1.807, 2.05) is 38.1 Å². The van der Waals surface area contributed by atoms with Crippen molar-refractivity contribution in [1.29, 1.82) is 0 Å². The largest absolute Gasteiger partial charge is 0.497 e. The lowest BCUT2D eigenvalue weighted by atomic mass is 10.1. The van der Waals surface area contributed by atoms with Gasteiger partial charge in [-0.25, -0.2) is 8.42 Å². The lowest BCUT2D eigenvalue weighted by Gasteiger charge is -2.32. The molecular weight excluding hydrogens is 466 g/mol. The van der Waals surface area contributed by atoms with Crippen molar-refractivity contribution < 1.29 is 22.7 Å². The van der Waals surface area contributed by atoms with Crippen molar-refractivity contribution in [2.75, 3.05) is 30.8 Å². The summed E-state index contributed by atoms with van der Waals surface area (Å²) < 4.78 is 31.9. The molecule has 2 aromatic carbocycles. The standard InChI is InChI=1S/C26H37N3O5S/c1-6-8-16-27-26(31)20(3)28(18-21-12-11-14-23(17-21)34-4)25(30)19-29(35(5,32)33)24-15-10-9-13-22(24)7-2/h9-15,17,20H,6-8,16,18-19H2,1-5H3,(H,27,31)/t20-/m1/s1. The average Bonchev–Trinajstić information content (AvgIpc) is 2.84. The van der Waals surface area contributed by atoms with Crippen molar-refractivity contribution in [2.45, 2.75) is 52.6 Å². The molecule has 0 heterocycles. The van der Waals surface area contributed by atoms with E-state index in [2.05, 4.69) is 5.32 Å². The van der Waals surface area contributed by atoms with E-state index in [0.717, 1.165) is 34.5 Å². The summed E-state index contributed by atoms with van der Waals surface area (Å²) in [6, 6.07) is 13.6. The number of hydrogen-bond acceptors (Lipinski definition) is 5. The van der Waals surface area contributed by atoms with Crippen LogP contribution in [0.3, 0.4) is 0 Å². The maximum absolute atomic E-state index is 13.6. The molecule has 1 N–H and O–H groups in total. The van der Waals surface area contributed by atoms with E-state index in [0.29, 0.717) is 24.4 Å². The van der Waals surface area contributed by atoms with Crippen molar-refractivity contribution in [3.05, 3.63) is 59.7 Å². The predicted octanol–water partition coefficient (Wildman–Crippen LogP) is 3.36. The Morgan fingerprint density at radius 1 is 1.09 bits per heavy atom. The molecule has 0 saturated heterocycles. The lowest BCUT2D eigenvalue weighted by molar-refractivity contribution is -0.139. The average molecular weight is 504 g/mol. The number of unbranched alkanes of at least 4 members (excludes halogenated alkanes) is 1. The fourth-order valence-electron chi connectivity index (χ4n) is 3.73. The van der Waals surface area contributed by atoms with Crippen LogP contribution in [-0.4, -0.2) is 57.6 Å². The Labute approximate surface area is 209 Å². The number of nitrogens with one attached hydrogen (secondary N) is 1. The van der Waals surface area contributed by atoms with Crippen LogP contribution in [0.1, 0.15) is 44.7 Å². The normalized spacial score (nSPS) is 12.0. The van der Waals surface area contributed by atoms with Gasteiger partial charge < -0.3 is 15.0 Å². The van der Waals surface area contributed by atoms with Crippen molar-refractivity contribution in [1.82, 2.24) is 10.2 Å². The Hall–Kier alpha value is -3.07. The second-order valence-corrected chi connectivity index (χ2v) is 10.4. The fraction of sp³-hybridized carbons (Fsp3) is 0.462. The monoisotopic (exact) mass is 503 g/mol. The highest BCUT2D eigenvalue weighted by Gasteiger charge is 2.30. The number of carbonyl (C=O) groups is 2. The first-order valence-corrected chi connectivity index (χ1v) is 13.7. The van der Waals surface area contributed by atoms with Crippen molar-refractivity contribution in [3.8, 4) is 5.75 Å². The Balaban J connectivity index is 2.40. The fourth-order valence-corrected chi connectivity index (χ4v) is 4.61. The summed E-state index contributed by atoms with van der Waals surface area (Å²) in [6.45, 7) is 5.85. The zero-order valence-corrected chi connectivity index (χ0v) is 22.1. The number of rotatable bonds is 13. The van der Waals surface area contributed by atoms with Gasteiger partial charge in [-0.15, -0.1) is 0 Å². The molecule has 8 nitrogen and oxygen atoms in total. The number of ether oxygens (including phenoxy) is 1. The number of para-hydroxylation sites is 1. The van der Waals surface area contributed by atoms with E-state index in [1.165, 1.54) is 4.90 Å². The highest BCUT2D eigenvalue weighted by Crippen LogP contribution is 2.24. The molecule has 1 atom stereocenters. The first-order valence-electron chi connectivity index (χ1n) is 11.9. The number of sulfonamides is 1. The van der Waals surface area contributed by atoms with E-state index in [1.54, 1.807) is 38.3 Å². The van der Waals surface area contributed by atoms with Crippen LogP contribution < -0.4 is 14.4 Å². The molecular formula is C26H37N3O5S. The van der Waals surface area contributed by atoms with Crippen LogP contribution in [0.4, 0.5) is 5.69 Å². The van der Waals surface area contributed by atoms with Crippen molar-refractivity contribution in [3.63, 3.8) is 0 Å². The summed E-state index contributed by atoms with van der Waals surface area (Å²) >= 11 is 0. The van der Waals surface area contributed by atoms with Crippen LogP contribution in [0.5, 0.6) is 5.75 Å². The molecule has 0 unspecified atom stereocenters. The van der Waals surface area contributed by atoms with Gasteiger partial charge in [-0.1, -0.05) is 50.6 Å². The number of amides is 2. The molecule has 0 aromatic heterocycles. The molecule has 0 aliphatic carbocycles. The van der Waals surface area contributed by atoms with Crippen LogP contribution in [0.2, 0.25) is 0 Å². The Bertz CT molecular complexity index is 1100. The number of aryl methyl sites for hydroxylation is 1. The van der Waals surface area contributed by atoms with E-state index in [4.69, 9.17) is 4.74 Å². The van der Waals surface area contributed by atoms with E-state index in [-0.39, 0.29) is 12.5 Å². The molecule has 0 radical (unpaired) electrons. The molecule has 192 valence electrons. The third kappa shape index (κ3) is 7.99.